The van der Waals surface area contributed by atoms with Crippen LogP contribution < -0.4 is 0 Å². The molecule has 0 aromatic carbocycles. The molecule has 1 amide bonds. The molecule has 1 aliphatic rings. The minimum atomic E-state index is 0.115. The average molecular weight is 345 g/mol. The number of carbonyl (C=O) groups excluding carboxylic acids is 1. The van der Waals surface area contributed by atoms with E-state index in [-0.39, 0.29) is 11.8 Å². The van der Waals surface area contributed by atoms with Gasteiger partial charge in [0.2, 0.25) is 11.8 Å². The summed E-state index contributed by atoms with van der Waals surface area (Å²) in [5.41, 5.74) is 0.821. The molecule has 0 unspecified atom stereocenters. The van der Waals surface area contributed by atoms with E-state index in [9.17, 15) is 4.79 Å². The van der Waals surface area contributed by atoms with E-state index < -0.39 is 0 Å². The van der Waals surface area contributed by atoms with Crippen LogP contribution in [-0.2, 0) is 17.6 Å². The monoisotopic (exact) mass is 345 g/mol. The molecule has 1 atom stereocenters. The third-order valence-electron chi connectivity index (χ3n) is 4.40. The van der Waals surface area contributed by atoms with Gasteiger partial charge in [0.1, 0.15) is 0 Å². The number of hydrogen-bond donors (Lipinski definition) is 0. The molecule has 7 nitrogen and oxygen atoms in total. The Morgan fingerprint density at radius 2 is 2.38 bits per heavy atom. The summed E-state index contributed by atoms with van der Waals surface area (Å²) in [5, 5.41) is 6.06. The summed E-state index contributed by atoms with van der Waals surface area (Å²) in [6.07, 6.45) is 6.92. The number of amides is 1. The lowest BCUT2D eigenvalue weighted by molar-refractivity contribution is -0.131. The Bertz CT molecular complexity index is 823. The highest BCUT2D eigenvalue weighted by Crippen LogP contribution is 2.25. The summed E-state index contributed by atoms with van der Waals surface area (Å²) in [6, 6.07) is 0. The van der Waals surface area contributed by atoms with Crippen LogP contribution in [0, 0.1) is 0 Å². The maximum Gasteiger partial charge on any atom is 0.228 e. The first kappa shape index (κ1) is 15.3. The van der Waals surface area contributed by atoms with Gasteiger partial charge in [-0.25, -0.2) is 4.98 Å². The lowest BCUT2D eigenvalue weighted by atomic mass is 9.97. The Balaban J connectivity index is 1.43. The number of piperidine rings is 1. The Hall–Kier alpha value is -2.22. The van der Waals surface area contributed by atoms with Crippen LogP contribution in [0.3, 0.4) is 0 Å². The van der Waals surface area contributed by atoms with Gasteiger partial charge in [0.25, 0.3) is 0 Å². The Kier molecular flexibility index (Phi) is 4.05. The molecule has 4 heterocycles. The molecule has 4 rings (SSSR count). The van der Waals surface area contributed by atoms with Gasteiger partial charge in [-0.05, 0) is 12.8 Å². The van der Waals surface area contributed by atoms with E-state index in [4.69, 9.17) is 4.52 Å². The van der Waals surface area contributed by atoms with Crippen molar-refractivity contribution in [1.29, 1.82) is 0 Å². The second-order valence-electron chi connectivity index (χ2n) is 6.08. The van der Waals surface area contributed by atoms with Gasteiger partial charge in [-0.2, -0.15) is 4.98 Å². The highest BCUT2D eigenvalue weighted by molar-refractivity contribution is 7.15. The number of likely N-dealkylation sites (tertiary alicyclic amines) is 1. The van der Waals surface area contributed by atoms with Gasteiger partial charge in [0.15, 0.2) is 10.8 Å². The SMILES string of the molecule is CCc1nc([C@H]2CCCN(C(=O)Cc3cn4ccsc4n3)C2)no1. The molecule has 1 saturated heterocycles. The van der Waals surface area contributed by atoms with E-state index in [1.165, 1.54) is 0 Å². The zero-order chi connectivity index (χ0) is 16.5. The van der Waals surface area contributed by atoms with Crippen molar-refractivity contribution in [3.63, 3.8) is 0 Å². The molecule has 0 spiro atoms. The molecule has 0 bridgehead atoms. The zero-order valence-corrected chi connectivity index (χ0v) is 14.3. The summed E-state index contributed by atoms with van der Waals surface area (Å²) in [7, 11) is 0. The van der Waals surface area contributed by atoms with Gasteiger partial charge in [0, 0.05) is 43.2 Å². The fourth-order valence-corrected chi connectivity index (χ4v) is 3.84. The van der Waals surface area contributed by atoms with Gasteiger partial charge < -0.3 is 9.42 Å². The molecule has 126 valence electrons. The minimum absolute atomic E-state index is 0.115. The second-order valence-corrected chi connectivity index (χ2v) is 6.95. The molecule has 3 aromatic heterocycles. The molecule has 24 heavy (non-hydrogen) atoms. The number of thiazole rings is 1. The largest absolute Gasteiger partial charge is 0.342 e. The molecule has 0 aliphatic carbocycles. The molecule has 1 aliphatic heterocycles. The van der Waals surface area contributed by atoms with Gasteiger partial charge in [-0.1, -0.05) is 12.1 Å². The molecule has 1 fully saturated rings. The Morgan fingerprint density at radius 3 is 3.17 bits per heavy atom. The average Bonchev–Trinajstić information content (AvgIpc) is 3.30. The van der Waals surface area contributed by atoms with E-state index in [1.54, 1.807) is 11.3 Å². The first-order valence-electron chi connectivity index (χ1n) is 8.24. The third kappa shape index (κ3) is 2.93. The molecule has 0 radical (unpaired) electrons. The zero-order valence-electron chi connectivity index (χ0n) is 13.5. The van der Waals surface area contributed by atoms with Crippen LogP contribution in [0.2, 0.25) is 0 Å². The number of imidazole rings is 1. The summed E-state index contributed by atoms with van der Waals surface area (Å²) in [5.74, 6) is 1.67. The summed E-state index contributed by atoms with van der Waals surface area (Å²) >= 11 is 1.57. The standard InChI is InChI=1S/C16H19N5O2S/c1-2-13-18-15(19-23-13)11-4-3-5-20(9-11)14(22)8-12-10-21-6-7-24-16(21)17-12/h6-7,10-11H,2-5,8-9H2,1H3/t11-/m0/s1. The summed E-state index contributed by atoms with van der Waals surface area (Å²) in [4.78, 5) is 24.4. The van der Waals surface area contributed by atoms with Crippen molar-refractivity contribution in [2.75, 3.05) is 13.1 Å². The van der Waals surface area contributed by atoms with Crippen molar-refractivity contribution >= 4 is 22.2 Å². The van der Waals surface area contributed by atoms with Crippen molar-refractivity contribution in [1.82, 2.24) is 24.4 Å². The van der Waals surface area contributed by atoms with Crippen LogP contribution in [0.15, 0.2) is 22.3 Å². The van der Waals surface area contributed by atoms with Crippen LogP contribution in [-0.4, -0.2) is 43.4 Å². The molecule has 0 N–H and O–H groups in total. The first-order valence-corrected chi connectivity index (χ1v) is 9.12. The van der Waals surface area contributed by atoms with E-state index in [1.807, 2.05) is 34.0 Å². The third-order valence-corrected chi connectivity index (χ3v) is 5.17. The number of nitrogens with zero attached hydrogens (tertiary/aromatic N) is 5. The molecular weight excluding hydrogens is 326 g/mol. The fourth-order valence-electron chi connectivity index (χ4n) is 3.12. The van der Waals surface area contributed by atoms with Gasteiger partial charge in [-0.3, -0.25) is 9.20 Å². The molecule has 0 saturated carbocycles. The highest BCUT2D eigenvalue weighted by atomic mass is 32.1. The molecule has 8 heteroatoms. The van der Waals surface area contributed by atoms with Crippen molar-refractivity contribution in [2.45, 2.75) is 38.5 Å². The number of aromatic nitrogens is 4. The maximum atomic E-state index is 12.6. The number of rotatable bonds is 4. The van der Waals surface area contributed by atoms with E-state index in [0.29, 0.717) is 18.9 Å². The highest BCUT2D eigenvalue weighted by Gasteiger charge is 2.28. The topological polar surface area (TPSA) is 76.5 Å². The van der Waals surface area contributed by atoms with Crippen LogP contribution >= 0.6 is 11.3 Å². The van der Waals surface area contributed by atoms with Crippen molar-refractivity contribution in [2.24, 2.45) is 0 Å². The number of carbonyl (C=O) groups is 1. The van der Waals surface area contributed by atoms with Crippen LogP contribution in [0.25, 0.3) is 4.96 Å². The smallest absolute Gasteiger partial charge is 0.228 e. The quantitative estimate of drug-likeness (QED) is 0.725. The van der Waals surface area contributed by atoms with E-state index in [2.05, 4.69) is 15.1 Å². The van der Waals surface area contributed by atoms with Crippen LogP contribution in [0.4, 0.5) is 0 Å². The van der Waals surface area contributed by atoms with Crippen molar-refractivity contribution in [3.8, 4) is 0 Å². The van der Waals surface area contributed by atoms with Crippen molar-refractivity contribution < 1.29 is 9.32 Å². The molecule has 3 aromatic rings. The lowest BCUT2D eigenvalue weighted by Gasteiger charge is -2.31. The number of fused-ring (bicyclic) bond motifs is 1. The molecular formula is C16H19N5O2S. The van der Waals surface area contributed by atoms with Crippen molar-refractivity contribution in [3.05, 3.63) is 35.2 Å². The minimum Gasteiger partial charge on any atom is -0.342 e. The summed E-state index contributed by atoms with van der Waals surface area (Å²) in [6.45, 7) is 3.43. The predicted molar refractivity (Wildman–Crippen MR) is 89.0 cm³/mol. The van der Waals surface area contributed by atoms with E-state index >= 15 is 0 Å². The Morgan fingerprint density at radius 1 is 1.46 bits per heavy atom. The van der Waals surface area contributed by atoms with Crippen LogP contribution in [0.5, 0.6) is 0 Å². The predicted octanol–water partition coefficient (Wildman–Crippen LogP) is 2.29. The maximum absolute atomic E-state index is 12.6. The first-order chi connectivity index (χ1) is 11.7. The van der Waals surface area contributed by atoms with Gasteiger partial charge in [0.05, 0.1) is 12.1 Å². The normalized spacial score (nSPS) is 18.4. The number of hydrogen-bond acceptors (Lipinski definition) is 6. The number of aryl methyl sites for hydroxylation is 1. The fraction of sp³-hybridized carbons (Fsp3) is 0.500. The lowest BCUT2D eigenvalue weighted by Crippen LogP contribution is -2.40. The van der Waals surface area contributed by atoms with Crippen LogP contribution in [0.1, 0.15) is 43.1 Å². The van der Waals surface area contributed by atoms with E-state index in [0.717, 1.165) is 42.3 Å². The Labute approximate surface area is 143 Å². The van der Waals surface area contributed by atoms with Gasteiger partial charge >= 0.3 is 0 Å². The van der Waals surface area contributed by atoms with Gasteiger partial charge in [-0.15, -0.1) is 11.3 Å². The second kappa shape index (κ2) is 6.35. The summed E-state index contributed by atoms with van der Waals surface area (Å²) < 4.78 is 7.16.